The molecule has 0 aliphatic rings. The molecule has 0 unspecified atom stereocenters. The Labute approximate surface area is 154 Å². The zero-order valence-electron chi connectivity index (χ0n) is 14.5. The summed E-state index contributed by atoms with van der Waals surface area (Å²) < 4.78 is 6.97. The highest BCUT2D eigenvalue weighted by Gasteiger charge is 2.23. The molecule has 0 aliphatic carbocycles. The Morgan fingerprint density at radius 3 is 2.63 bits per heavy atom. The number of nitrogens with one attached hydrogen (secondary N) is 1. The van der Waals surface area contributed by atoms with Gasteiger partial charge in [0.15, 0.2) is 0 Å². The van der Waals surface area contributed by atoms with Crippen LogP contribution in [0, 0.1) is 11.3 Å². The van der Waals surface area contributed by atoms with Crippen molar-refractivity contribution in [1.82, 2.24) is 20.0 Å². The first-order chi connectivity index (χ1) is 13.2. The average Bonchev–Trinajstić information content (AvgIpc) is 3.12. The van der Waals surface area contributed by atoms with Gasteiger partial charge in [0.25, 0.3) is 5.56 Å². The number of aromatic nitrogens is 4. The number of para-hydroxylation sites is 1. The Kier molecular flexibility index (Phi) is 4.15. The first-order valence-corrected chi connectivity index (χ1v) is 8.44. The van der Waals surface area contributed by atoms with E-state index in [1.165, 1.54) is 4.68 Å². The van der Waals surface area contributed by atoms with Gasteiger partial charge in [0, 0.05) is 5.56 Å². The van der Waals surface area contributed by atoms with Crippen LogP contribution in [-0.2, 0) is 0 Å². The van der Waals surface area contributed by atoms with Gasteiger partial charge in [-0.05, 0) is 24.6 Å². The van der Waals surface area contributed by atoms with Crippen molar-refractivity contribution in [3.63, 3.8) is 0 Å². The molecule has 1 N–H and O–H groups in total. The maximum absolute atomic E-state index is 13.0. The second-order valence-corrected chi connectivity index (χ2v) is 5.78. The van der Waals surface area contributed by atoms with Crippen LogP contribution in [0.1, 0.15) is 12.5 Å². The summed E-state index contributed by atoms with van der Waals surface area (Å²) in [6.07, 6.45) is 0. The van der Waals surface area contributed by atoms with E-state index < -0.39 is 5.56 Å². The van der Waals surface area contributed by atoms with Crippen LogP contribution in [-0.4, -0.2) is 26.6 Å². The number of nitriles is 1. The molecule has 4 aromatic rings. The fraction of sp³-hybridized carbons (Fsp3) is 0.100. The van der Waals surface area contributed by atoms with Crippen molar-refractivity contribution in [1.29, 1.82) is 5.26 Å². The van der Waals surface area contributed by atoms with Crippen molar-refractivity contribution in [2.24, 2.45) is 0 Å². The lowest BCUT2D eigenvalue weighted by Crippen LogP contribution is -2.20. The van der Waals surface area contributed by atoms with E-state index in [4.69, 9.17) is 4.74 Å². The quantitative estimate of drug-likeness (QED) is 0.605. The number of pyridine rings is 1. The molecule has 27 heavy (non-hydrogen) atoms. The predicted octanol–water partition coefficient (Wildman–Crippen LogP) is 3.05. The summed E-state index contributed by atoms with van der Waals surface area (Å²) in [5.41, 5.74) is 2.58. The predicted molar refractivity (Wildman–Crippen MR) is 101 cm³/mol. The van der Waals surface area contributed by atoms with Crippen LogP contribution in [0.15, 0.2) is 59.4 Å². The molecule has 0 saturated carbocycles. The van der Waals surface area contributed by atoms with Crippen LogP contribution in [0.25, 0.3) is 27.8 Å². The van der Waals surface area contributed by atoms with Crippen molar-refractivity contribution < 1.29 is 4.74 Å². The average molecular weight is 357 g/mol. The van der Waals surface area contributed by atoms with Crippen LogP contribution >= 0.6 is 0 Å². The standard InChI is InChI=1S/C20H15N5O2/c1-2-27-20-14(12-21)17(13-8-4-3-5-9-13)18(19(26)22-20)25-16-11-7-6-10-15(16)23-24-25/h3-11H,2H2,1H3,(H,22,26). The van der Waals surface area contributed by atoms with Crippen LogP contribution in [0.4, 0.5) is 0 Å². The van der Waals surface area contributed by atoms with Crippen molar-refractivity contribution in [2.45, 2.75) is 6.92 Å². The topological polar surface area (TPSA) is 96.6 Å². The second kappa shape index (κ2) is 6.77. The number of hydrogen-bond donors (Lipinski definition) is 1. The summed E-state index contributed by atoms with van der Waals surface area (Å²) in [6, 6.07) is 18.8. The van der Waals surface area contributed by atoms with Crippen LogP contribution < -0.4 is 10.3 Å². The third kappa shape index (κ3) is 2.73. The minimum Gasteiger partial charge on any atom is -0.478 e. The molecular weight excluding hydrogens is 342 g/mol. The lowest BCUT2D eigenvalue weighted by atomic mass is 9.99. The normalized spacial score (nSPS) is 10.7. The van der Waals surface area contributed by atoms with E-state index in [-0.39, 0.29) is 17.1 Å². The monoisotopic (exact) mass is 357 g/mol. The molecule has 0 radical (unpaired) electrons. The molecule has 4 rings (SSSR count). The molecule has 0 fully saturated rings. The summed E-state index contributed by atoms with van der Waals surface area (Å²) in [5, 5.41) is 18.1. The molecule has 2 heterocycles. The van der Waals surface area contributed by atoms with E-state index in [0.29, 0.717) is 23.2 Å². The van der Waals surface area contributed by atoms with Crippen molar-refractivity contribution in [2.75, 3.05) is 6.61 Å². The molecule has 0 atom stereocenters. The van der Waals surface area contributed by atoms with Gasteiger partial charge in [0.05, 0.1) is 12.1 Å². The lowest BCUT2D eigenvalue weighted by molar-refractivity contribution is 0.325. The van der Waals surface area contributed by atoms with E-state index in [9.17, 15) is 10.1 Å². The van der Waals surface area contributed by atoms with Gasteiger partial charge in [-0.2, -0.15) is 5.26 Å². The molecule has 0 amide bonds. The zero-order chi connectivity index (χ0) is 18.8. The minimum absolute atomic E-state index is 0.150. The molecule has 7 nitrogen and oxygen atoms in total. The van der Waals surface area contributed by atoms with Crippen LogP contribution in [0.2, 0.25) is 0 Å². The van der Waals surface area contributed by atoms with E-state index in [1.54, 1.807) is 6.92 Å². The molecule has 7 heteroatoms. The Hall–Kier alpha value is -3.92. The number of hydrogen-bond acceptors (Lipinski definition) is 5. The Morgan fingerprint density at radius 2 is 1.89 bits per heavy atom. The fourth-order valence-electron chi connectivity index (χ4n) is 3.05. The molecular formula is C20H15N5O2. The molecule has 0 aliphatic heterocycles. The molecule has 2 aromatic carbocycles. The number of fused-ring (bicyclic) bond motifs is 1. The number of ether oxygens (including phenoxy) is 1. The highest BCUT2D eigenvalue weighted by atomic mass is 16.5. The summed E-state index contributed by atoms with van der Waals surface area (Å²) in [6.45, 7) is 2.12. The van der Waals surface area contributed by atoms with Gasteiger partial charge >= 0.3 is 0 Å². The van der Waals surface area contributed by atoms with Crippen molar-refractivity contribution >= 4 is 11.0 Å². The zero-order valence-corrected chi connectivity index (χ0v) is 14.5. The Bertz CT molecular complexity index is 1220. The van der Waals surface area contributed by atoms with Gasteiger partial charge in [-0.3, -0.25) is 9.78 Å². The van der Waals surface area contributed by atoms with E-state index in [2.05, 4.69) is 21.4 Å². The third-order valence-corrected chi connectivity index (χ3v) is 4.18. The SMILES string of the molecule is CCOc1[nH]c(=O)c(-n2nnc3ccccc32)c(-c2ccccc2)c1C#N. The fourth-order valence-corrected chi connectivity index (χ4v) is 3.05. The maximum Gasteiger partial charge on any atom is 0.277 e. The first kappa shape index (κ1) is 16.5. The lowest BCUT2D eigenvalue weighted by Gasteiger charge is -2.14. The molecule has 2 aromatic heterocycles. The van der Waals surface area contributed by atoms with Gasteiger partial charge in [-0.25, -0.2) is 4.68 Å². The highest BCUT2D eigenvalue weighted by molar-refractivity contribution is 5.83. The van der Waals surface area contributed by atoms with Crippen molar-refractivity contribution in [3.8, 4) is 28.8 Å². The van der Waals surface area contributed by atoms with Crippen LogP contribution in [0.5, 0.6) is 5.88 Å². The number of rotatable bonds is 4. The number of nitrogens with zero attached hydrogens (tertiary/aromatic N) is 4. The largest absolute Gasteiger partial charge is 0.478 e. The number of aromatic amines is 1. The van der Waals surface area contributed by atoms with Gasteiger partial charge in [0.2, 0.25) is 5.88 Å². The van der Waals surface area contributed by atoms with Crippen LogP contribution in [0.3, 0.4) is 0 Å². The van der Waals surface area contributed by atoms with Gasteiger partial charge in [-0.1, -0.05) is 47.7 Å². The number of H-pyrrole nitrogens is 1. The Morgan fingerprint density at radius 1 is 1.15 bits per heavy atom. The smallest absolute Gasteiger partial charge is 0.277 e. The van der Waals surface area contributed by atoms with Gasteiger partial charge < -0.3 is 4.74 Å². The first-order valence-electron chi connectivity index (χ1n) is 8.44. The summed E-state index contributed by atoms with van der Waals surface area (Å²) in [5.74, 6) is 0.150. The molecule has 0 bridgehead atoms. The second-order valence-electron chi connectivity index (χ2n) is 5.78. The maximum atomic E-state index is 13.0. The van der Waals surface area contributed by atoms with Gasteiger partial charge in [-0.15, -0.1) is 5.10 Å². The summed E-state index contributed by atoms with van der Waals surface area (Å²) in [4.78, 5) is 15.7. The molecule has 132 valence electrons. The number of benzene rings is 2. The third-order valence-electron chi connectivity index (χ3n) is 4.18. The Balaban J connectivity index is 2.13. The molecule has 0 spiro atoms. The van der Waals surface area contributed by atoms with E-state index in [1.807, 2.05) is 54.6 Å². The van der Waals surface area contributed by atoms with E-state index in [0.717, 1.165) is 5.56 Å². The summed E-state index contributed by atoms with van der Waals surface area (Å²) >= 11 is 0. The minimum atomic E-state index is -0.410. The van der Waals surface area contributed by atoms with Gasteiger partial charge in [0.1, 0.15) is 22.8 Å². The molecule has 0 saturated heterocycles. The highest BCUT2D eigenvalue weighted by Crippen LogP contribution is 2.33. The van der Waals surface area contributed by atoms with E-state index >= 15 is 0 Å². The summed E-state index contributed by atoms with van der Waals surface area (Å²) in [7, 11) is 0. The van der Waals surface area contributed by atoms with Crippen molar-refractivity contribution in [3.05, 3.63) is 70.5 Å².